The molecule has 0 aromatic heterocycles. The Labute approximate surface area is 124 Å². The summed E-state index contributed by atoms with van der Waals surface area (Å²) in [7, 11) is 0. The van der Waals surface area contributed by atoms with Gasteiger partial charge >= 0.3 is 5.97 Å². The molecule has 0 aliphatic heterocycles. The average molecular weight is 368 g/mol. The van der Waals surface area contributed by atoms with Gasteiger partial charge in [0.15, 0.2) is 6.79 Å². The highest BCUT2D eigenvalue weighted by Crippen LogP contribution is 2.35. The van der Waals surface area contributed by atoms with Crippen LogP contribution >= 0.6 is 22.6 Å². The van der Waals surface area contributed by atoms with Crippen molar-refractivity contribution < 1.29 is 14.3 Å². The fourth-order valence-corrected chi connectivity index (χ4v) is 2.38. The van der Waals surface area contributed by atoms with E-state index < -0.39 is 3.42 Å². The minimum absolute atomic E-state index is 0.0903. The first kappa shape index (κ1) is 16.2. The number of ether oxygens (including phenoxy) is 2. The highest BCUT2D eigenvalue weighted by molar-refractivity contribution is 14.1. The van der Waals surface area contributed by atoms with E-state index in [1.165, 1.54) is 32.1 Å². The minimum Gasteiger partial charge on any atom is -0.437 e. The van der Waals surface area contributed by atoms with Crippen LogP contribution in [0.15, 0.2) is 0 Å². The van der Waals surface area contributed by atoms with Crippen LogP contribution in [0.2, 0.25) is 0 Å². The number of esters is 1. The van der Waals surface area contributed by atoms with Gasteiger partial charge in [-0.05, 0) is 31.6 Å². The number of hydrogen-bond acceptors (Lipinski definition) is 3. The zero-order chi connectivity index (χ0) is 13.6. The molecule has 0 aromatic carbocycles. The monoisotopic (exact) mass is 368 g/mol. The van der Waals surface area contributed by atoms with Gasteiger partial charge in [0, 0.05) is 0 Å². The van der Waals surface area contributed by atoms with Crippen LogP contribution in [0.1, 0.15) is 59.3 Å². The molecule has 1 aliphatic carbocycles. The van der Waals surface area contributed by atoms with Crippen LogP contribution in [0.4, 0.5) is 0 Å². The second-order valence-electron chi connectivity index (χ2n) is 5.82. The molecule has 0 N–H and O–H groups in total. The van der Waals surface area contributed by atoms with Gasteiger partial charge in [0.2, 0.25) is 0 Å². The summed E-state index contributed by atoms with van der Waals surface area (Å²) in [5.74, 6) is -0.181. The molecule has 0 saturated heterocycles. The van der Waals surface area contributed by atoms with E-state index in [-0.39, 0.29) is 18.2 Å². The van der Waals surface area contributed by atoms with Crippen LogP contribution in [-0.2, 0) is 14.3 Å². The molecule has 1 saturated carbocycles. The van der Waals surface area contributed by atoms with Crippen molar-refractivity contribution in [3.05, 3.63) is 0 Å². The summed E-state index contributed by atoms with van der Waals surface area (Å²) in [4.78, 5) is 11.7. The molecule has 1 unspecified atom stereocenters. The maximum atomic E-state index is 11.7. The van der Waals surface area contributed by atoms with Gasteiger partial charge in [-0.15, -0.1) is 0 Å². The molecule has 0 radical (unpaired) electrons. The Balaban J connectivity index is 2.20. The van der Waals surface area contributed by atoms with Gasteiger partial charge in [-0.2, -0.15) is 0 Å². The topological polar surface area (TPSA) is 35.5 Å². The van der Waals surface area contributed by atoms with Crippen LogP contribution in [0.25, 0.3) is 0 Å². The van der Waals surface area contributed by atoms with Gasteiger partial charge in [-0.25, -0.2) is 0 Å². The number of alkyl halides is 1. The number of hydrogen-bond donors (Lipinski definition) is 0. The largest absolute Gasteiger partial charge is 0.437 e. The zero-order valence-electron chi connectivity index (χ0n) is 11.8. The van der Waals surface area contributed by atoms with E-state index in [1.54, 1.807) is 0 Å². The number of rotatable bonds is 6. The number of carbonyl (C=O) groups excluding carboxylic acids is 1. The van der Waals surface area contributed by atoms with Crippen molar-refractivity contribution in [1.29, 1.82) is 0 Å². The van der Waals surface area contributed by atoms with Crippen molar-refractivity contribution in [2.75, 3.05) is 13.4 Å². The third kappa shape index (κ3) is 5.03. The second kappa shape index (κ2) is 7.08. The van der Waals surface area contributed by atoms with Gasteiger partial charge in [0.1, 0.15) is 3.42 Å². The first-order chi connectivity index (χ1) is 8.40. The van der Waals surface area contributed by atoms with E-state index >= 15 is 0 Å². The van der Waals surface area contributed by atoms with Gasteiger partial charge in [0.05, 0.1) is 6.61 Å². The molecule has 1 atom stereocenters. The van der Waals surface area contributed by atoms with Crippen molar-refractivity contribution in [3.8, 4) is 0 Å². The van der Waals surface area contributed by atoms with E-state index in [9.17, 15) is 4.79 Å². The Morgan fingerprint density at radius 1 is 1.33 bits per heavy atom. The summed E-state index contributed by atoms with van der Waals surface area (Å²) in [5.41, 5.74) is 0.281. The summed E-state index contributed by atoms with van der Waals surface area (Å²) >= 11 is 2.13. The molecule has 0 amide bonds. The Bertz CT molecular complexity index is 270. The Hall–Kier alpha value is 0.160. The molecule has 0 heterocycles. The third-order valence-electron chi connectivity index (χ3n) is 3.87. The standard InChI is InChI=1S/C14H25IO3/c1-4-14(3,15)12(16)18-11-17-10-13(2)8-6-5-7-9-13/h4-11H2,1-3H3. The molecule has 1 fully saturated rings. The predicted molar refractivity (Wildman–Crippen MR) is 80.8 cm³/mol. The molecule has 1 aliphatic rings. The van der Waals surface area contributed by atoms with E-state index in [1.807, 2.05) is 13.8 Å². The lowest BCUT2D eigenvalue weighted by Gasteiger charge is -2.33. The SMILES string of the molecule is CCC(C)(I)C(=O)OCOCC1(C)CCCCC1. The molecule has 1 rings (SSSR count). The van der Waals surface area contributed by atoms with Crippen molar-refractivity contribution in [2.24, 2.45) is 5.41 Å². The Kier molecular flexibility index (Phi) is 6.38. The van der Waals surface area contributed by atoms with Crippen molar-refractivity contribution in [1.82, 2.24) is 0 Å². The van der Waals surface area contributed by atoms with Gasteiger partial charge in [0.25, 0.3) is 0 Å². The van der Waals surface area contributed by atoms with E-state index in [0.717, 1.165) is 6.42 Å². The fraction of sp³-hybridized carbons (Fsp3) is 0.929. The van der Waals surface area contributed by atoms with Crippen LogP contribution in [0.3, 0.4) is 0 Å². The summed E-state index contributed by atoms with van der Waals surface area (Å²) in [6.07, 6.45) is 7.14. The van der Waals surface area contributed by atoms with Crippen molar-refractivity contribution in [2.45, 2.75) is 62.7 Å². The van der Waals surface area contributed by atoms with Gasteiger partial charge in [-0.1, -0.05) is 55.7 Å². The summed E-state index contributed by atoms with van der Waals surface area (Å²) < 4.78 is 10.3. The summed E-state index contributed by atoms with van der Waals surface area (Å²) in [6.45, 7) is 6.93. The number of halogens is 1. The Morgan fingerprint density at radius 2 is 1.94 bits per heavy atom. The van der Waals surface area contributed by atoms with Crippen molar-refractivity contribution >= 4 is 28.6 Å². The first-order valence-electron chi connectivity index (χ1n) is 6.83. The lowest BCUT2D eigenvalue weighted by Crippen LogP contribution is -2.31. The van der Waals surface area contributed by atoms with Gasteiger partial charge < -0.3 is 9.47 Å². The molecular weight excluding hydrogens is 343 g/mol. The highest BCUT2D eigenvalue weighted by Gasteiger charge is 2.30. The maximum Gasteiger partial charge on any atom is 0.323 e. The Morgan fingerprint density at radius 3 is 2.50 bits per heavy atom. The number of carbonyl (C=O) groups is 1. The summed E-state index contributed by atoms with van der Waals surface area (Å²) in [6, 6.07) is 0. The normalized spacial score (nSPS) is 22.2. The molecule has 3 nitrogen and oxygen atoms in total. The molecule has 106 valence electrons. The van der Waals surface area contributed by atoms with Crippen LogP contribution in [-0.4, -0.2) is 22.8 Å². The lowest BCUT2D eigenvalue weighted by atomic mass is 9.76. The van der Waals surface area contributed by atoms with Gasteiger partial charge in [-0.3, -0.25) is 4.79 Å². The summed E-state index contributed by atoms with van der Waals surface area (Å²) in [5, 5.41) is 0. The van der Waals surface area contributed by atoms with E-state index in [0.29, 0.717) is 6.61 Å². The van der Waals surface area contributed by atoms with Crippen molar-refractivity contribution in [3.63, 3.8) is 0 Å². The third-order valence-corrected chi connectivity index (χ3v) is 5.08. The van der Waals surface area contributed by atoms with Crippen LogP contribution in [0.5, 0.6) is 0 Å². The highest BCUT2D eigenvalue weighted by atomic mass is 127. The van der Waals surface area contributed by atoms with E-state index in [2.05, 4.69) is 29.5 Å². The lowest BCUT2D eigenvalue weighted by molar-refractivity contribution is -0.161. The molecular formula is C14H25IO3. The minimum atomic E-state index is -0.435. The van der Waals surface area contributed by atoms with Crippen LogP contribution < -0.4 is 0 Å². The molecule has 0 bridgehead atoms. The van der Waals surface area contributed by atoms with E-state index in [4.69, 9.17) is 9.47 Å². The molecule has 4 heteroatoms. The predicted octanol–water partition coefficient (Wildman–Crippen LogP) is 4.08. The molecule has 18 heavy (non-hydrogen) atoms. The smallest absolute Gasteiger partial charge is 0.323 e. The first-order valence-corrected chi connectivity index (χ1v) is 7.91. The second-order valence-corrected chi connectivity index (χ2v) is 8.20. The maximum absolute atomic E-state index is 11.7. The average Bonchev–Trinajstić information content (AvgIpc) is 2.35. The van der Waals surface area contributed by atoms with Crippen LogP contribution in [0, 0.1) is 5.41 Å². The zero-order valence-corrected chi connectivity index (χ0v) is 13.9. The fourth-order valence-electron chi connectivity index (χ4n) is 2.23. The quantitative estimate of drug-likeness (QED) is 0.233. The molecule has 0 aromatic rings. The molecule has 0 spiro atoms.